The Hall–Kier alpha value is -2.90. The van der Waals surface area contributed by atoms with E-state index in [-0.39, 0.29) is 30.6 Å². The predicted octanol–water partition coefficient (Wildman–Crippen LogP) is 4.66. The lowest BCUT2D eigenvalue weighted by Crippen LogP contribution is -2.55. The molecule has 0 atom stereocenters. The van der Waals surface area contributed by atoms with Gasteiger partial charge in [0.1, 0.15) is 24.7 Å². The third-order valence-electron chi connectivity index (χ3n) is 7.99. The molecule has 2 heterocycles. The van der Waals surface area contributed by atoms with Crippen LogP contribution in [0.4, 0.5) is 0 Å². The minimum atomic E-state index is -0.212. The van der Waals surface area contributed by atoms with Crippen molar-refractivity contribution in [3.8, 4) is 11.5 Å². The van der Waals surface area contributed by atoms with Crippen LogP contribution in [0.15, 0.2) is 48.5 Å². The Balaban J connectivity index is 1.39. The van der Waals surface area contributed by atoms with Gasteiger partial charge in [-0.05, 0) is 87.0 Å². The molecular formula is C31H42N2O5. The van der Waals surface area contributed by atoms with Crippen molar-refractivity contribution in [1.29, 1.82) is 0 Å². The molecule has 0 saturated carbocycles. The number of carbonyl (C=O) groups is 2. The zero-order valence-electron chi connectivity index (χ0n) is 23.0. The van der Waals surface area contributed by atoms with Crippen molar-refractivity contribution < 1.29 is 23.8 Å². The average molecular weight is 523 g/mol. The van der Waals surface area contributed by atoms with E-state index in [1.165, 1.54) is 35.3 Å². The van der Waals surface area contributed by atoms with Crippen molar-refractivity contribution in [1.82, 2.24) is 9.80 Å². The maximum absolute atomic E-state index is 11.9. The van der Waals surface area contributed by atoms with E-state index in [9.17, 15) is 9.59 Å². The third kappa shape index (κ3) is 7.35. The van der Waals surface area contributed by atoms with Gasteiger partial charge in [-0.3, -0.25) is 19.4 Å². The molecule has 0 bridgehead atoms. The molecule has 4 rings (SSSR count). The lowest BCUT2D eigenvalue weighted by molar-refractivity contribution is -0.158. The van der Waals surface area contributed by atoms with Gasteiger partial charge in [0.2, 0.25) is 0 Å². The second-order valence-corrected chi connectivity index (χ2v) is 10.6. The number of piperidine rings is 1. The van der Waals surface area contributed by atoms with Crippen molar-refractivity contribution in [2.24, 2.45) is 0 Å². The normalized spacial score (nSPS) is 18.0. The number of hydrogen-bond acceptors (Lipinski definition) is 6. The number of rotatable bonds is 13. The molecule has 7 nitrogen and oxygen atoms in total. The van der Waals surface area contributed by atoms with Crippen molar-refractivity contribution in [2.45, 2.75) is 63.3 Å². The molecule has 2 aromatic carbocycles. The van der Waals surface area contributed by atoms with Crippen molar-refractivity contribution in [3.63, 3.8) is 0 Å². The lowest BCUT2D eigenvalue weighted by atomic mass is 9.76. The van der Waals surface area contributed by atoms with Crippen LogP contribution in [-0.2, 0) is 27.2 Å². The molecule has 2 amide bonds. The van der Waals surface area contributed by atoms with Crippen LogP contribution >= 0.6 is 0 Å². The maximum atomic E-state index is 11.9. The summed E-state index contributed by atoms with van der Waals surface area (Å²) >= 11 is 0. The largest absolute Gasteiger partial charge is 0.497 e. The highest BCUT2D eigenvalue weighted by Crippen LogP contribution is 2.36. The summed E-state index contributed by atoms with van der Waals surface area (Å²) in [6, 6.07) is 17.1. The van der Waals surface area contributed by atoms with Gasteiger partial charge in [0.15, 0.2) is 0 Å². The number of carbonyl (C=O) groups excluding carboxylic acids is 2. The first-order chi connectivity index (χ1) is 18.5. The molecule has 206 valence electrons. The van der Waals surface area contributed by atoms with Gasteiger partial charge >= 0.3 is 0 Å². The van der Waals surface area contributed by atoms with E-state index >= 15 is 0 Å². The van der Waals surface area contributed by atoms with E-state index in [1.807, 2.05) is 0 Å². The molecule has 0 unspecified atom stereocenters. The summed E-state index contributed by atoms with van der Waals surface area (Å²) in [6.45, 7) is 2.71. The SMILES string of the molecule is COc1ccc(CC2(Cc3ccc(OC)cc3)CCCCN2CCCCCCN2C(=O)COCC2=O)cc1. The van der Waals surface area contributed by atoms with Crippen LogP contribution in [0.5, 0.6) is 11.5 Å². The summed E-state index contributed by atoms with van der Waals surface area (Å²) in [4.78, 5) is 28.0. The average Bonchev–Trinajstić information content (AvgIpc) is 2.94. The predicted molar refractivity (Wildman–Crippen MR) is 148 cm³/mol. The fourth-order valence-electron chi connectivity index (χ4n) is 5.91. The first kappa shape index (κ1) is 28.1. The second kappa shape index (κ2) is 13.8. The van der Waals surface area contributed by atoms with Gasteiger partial charge < -0.3 is 14.2 Å². The smallest absolute Gasteiger partial charge is 0.255 e. The van der Waals surface area contributed by atoms with E-state index < -0.39 is 0 Å². The highest BCUT2D eigenvalue weighted by atomic mass is 16.5. The quantitative estimate of drug-likeness (QED) is 0.282. The number of imide groups is 1. The standard InChI is InChI=1S/C31H42N2O5/c1-36-27-13-9-25(10-14-27)21-31(22-26-11-15-28(37-2)16-12-26)17-5-8-19-32(31)18-6-3-4-7-20-33-29(34)23-38-24-30(33)35/h9-16H,3-8,17-24H2,1-2H3. The van der Waals surface area contributed by atoms with E-state index in [4.69, 9.17) is 14.2 Å². The number of nitrogens with zero attached hydrogens (tertiary/aromatic N) is 2. The number of unbranched alkanes of at least 4 members (excludes halogenated alkanes) is 3. The number of morpholine rings is 1. The van der Waals surface area contributed by atoms with E-state index in [0.717, 1.165) is 63.1 Å². The molecule has 7 heteroatoms. The van der Waals surface area contributed by atoms with Crippen LogP contribution in [0, 0.1) is 0 Å². The van der Waals surface area contributed by atoms with Crippen LogP contribution in [-0.4, -0.2) is 74.2 Å². The first-order valence-electron chi connectivity index (χ1n) is 13.9. The van der Waals surface area contributed by atoms with Crippen LogP contribution in [0.3, 0.4) is 0 Å². The molecule has 0 spiro atoms. The fourth-order valence-corrected chi connectivity index (χ4v) is 5.91. The minimum Gasteiger partial charge on any atom is -0.497 e. The van der Waals surface area contributed by atoms with Gasteiger partial charge in [0.25, 0.3) is 11.8 Å². The third-order valence-corrected chi connectivity index (χ3v) is 7.99. The van der Waals surface area contributed by atoms with Gasteiger partial charge in [0.05, 0.1) is 14.2 Å². The van der Waals surface area contributed by atoms with Crippen LogP contribution in [0.2, 0.25) is 0 Å². The van der Waals surface area contributed by atoms with Crippen LogP contribution in [0.25, 0.3) is 0 Å². The van der Waals surface area contributed by atoms with Gasteiger partial charge in [-0.15, -0.1) is 0 Å². The van der Waals surface area contributed by atoms with Crippen LogP contribution in [0.1, 0.15) is 56.1 Å². The number of hydrogen-bond donors (Lipinski definition) is 0. The lowest BCUT2D eigenvalue weighted by Gasteiger charge is -2.48. The highest BCUT2D eigenvalue weighted by molar-refractivity contribution is 5.98. The molecule has 38 heavy (non-hydrogen) atoms. The molecule has 0 radical (unpaired) electrons. The minimum absolute atomic E-state index is 0.0190. The monoisotopic (exact) mass is 522 g/mol. The molecule has 2 saturated heterocycles. The van der Waals surface area contributed by atoms with Crippen LogP contribution < -0.4 is 9.47 Å². The molecule has 2 aliphatic heterocycles. The molecular weight excluding hydrogens is 480 g/mol. The Morgan fingerprint density at radius 1 is 0.737 bits per heavy atom. The Morgan fingerprint density at radius 3 is 1.79 bits per heavy atom. The van der Waals surface area contributed by atoms with Gasteiger partial charge in [-0.1, -0.05) is 43.5 Å². The zero-order valence-corrected chi connectivity index (χ0v) is 23.0. The van der Waals surface area contributed by atoms with Gasteiger partial charge in [0, 0.05) is 12.1 Å². The summed E-state index contributed by atoms with van der Waals surface area (Å²) in [5.74, 6) is 1.35. The number of likely N-dealkylation sites (tertiary alicyclic amines) is 1. The Bertz CT molecular complexity index is 972. The number of methoxy groups -OCH3 is 2. The van der Waals surface area contributed by atoms with Crippen molar-refractivity contribution in [3.05, 3.63) is 59.7 Å². The molecule has 2 fully saturated rings. The summed E-state index contributed by atoms with van der Waals surface area (Å²) in [6.07, 6.45) is 9.71. The Morgan fingerprint density at radius 2 is 1.26 bits per heavy atom. The Kier molecular flexibility index (Phi) is 10.2. The second-order valence-electron chi connectivity index (χ2n) is 10.6. The van der Waals surface area contributed by atoms with E-state index in [2.05, 4.69) is 53.4 Å². The molecule has 0 aromatic heterocycles. The van der Waals surface area contributed by atoms with E-state index in [1.54, 1.807) is 14.2 Å². The summed E-state index contributed by atoms with van der Waals surface area (Å²) in [5, 5.41) is 0. The van der Waals surface area contributed by atoms with Crippen molar-refractivity contribution >= 4 is 11.8 Å². The molecule has 0 aliphatic carbocycles. The number of benzene rings is 2. The van der Waals surface area contributed by atoms with Crippen molar-refractivity contribution in [2.75, 3.05) is 47.1 Å². The zero-order chi connectivity index (χ0) is 26.8. The molecule has 2 aromatic rings. The summed E-state index contributed by atoms with van der Waals surface area (Å²) < 4.78 is 15.8. The number of amides is 2. The summed E-state index contributed by atoms with van der Waals surface area (Å²) in [5.41, 5.74) is 2.74. The highest BCUT2D eigenvalue weighted by Gasteiger charge is 2.38. The maximum Gasteiger partial charge on any atom is 0.255 e. The van der Waals surface area contributed by atoms with Gasteiger partial charge in [-0.25, -0.2) is 0 Å². The van der Waals surface area contributed by atoms with Gasteiger partial charge in [-0.2, -0.15) is 0 Å². The Labute approximate surface area is 227 Å². The topological polar surface area (TPSA) is 68.3 Å². The molecule has 0 N–H and O–H groups in total. The first-order valence-corrected chi connectivity index (χ1v) is 13.9. The fraction of sp³-hybridized carbons (Fsp3) is 0.548. The van der Waals surface area contributed by atoms with E-state index in [0.29, 0.717) is 6.54 Å². The molecule has 2 aliphatic rings. The summed E-state index contributed by atoms with van der Waals surface area (Å²) in [7, 11) is 3.42. The number of ether oxygens (including phenoxy) is 3.